The van der Waals surface area contributed by atoms with Crippen LogP contribution in [0.4, 0.5) is 0 Å². The predicted molar refractivity (Wildman–Crippen MR) is 66.0 cm³/mol. The van der Waals surface area contributed by atoms with E-state index in [9.17, 15) is 0 Å². The van der Waals surface area contributed by atoms with Gasteiger partial charge in [0, 0.05) is 13.1 Å². The van der Waals surface area contributed by atoms with E-state index in [4.69, 9.17) is 9.84 Å². The topological polar surface area (TPSA) is 41.5 Å². The number of benzene rings is 1. The van der Waals surface area contributed by atoms with Crippen molar-refractivity contribution in [2.24, 2.45) is 0 Å². The Kier molecular flexibility index (Phi) is 5.90. The summed E-state index contributed by atoms with van der Waals surface area (Å²) in [6.07, 6.45) is 0. The Bertz CT molecular complexity index is 282. The van der Waals surface area contributed by atoms with E-state index in [0.717, 1.165) is 12.3 Å². The SMILES string of the molecule is CC(C)c1ccc(OCCNCCO)cc1. The third kappa shape index (κ3) is 4.64. The molecular formula is C13H21NO2. The molecule has 0 amide bonds. The summed E-state index contributed by atoms with van der Waals surface area (Å²) >= 11 is 0. The standard InChI is InChI=1S/C13H21NO2/c1-11(2)12-3-5-13(6-4-12)16-10-8-14-7-9-15/h3-6,11,14-15H,7-10H2,1-2H3. The molecule has 0 heterocycles. The zero-order valence-corrected chi connectivity index (χ0v) is 10.1. The highest BCUT2D eigenvalue weighted by molar-refractivity contribution is 5.28. The Labute approximate surface area is 97.4 Å². The molecule has 0 bridgehead atoms. The summed E-state index contributed by atoms with van der Waals surface area (Å²) in [7, 11) is 0. The quantitative estimate of drug-likeness (QED) is 0.692. The monoisotopic (exact) mass is 223 g/mol. The molecule has 90 valence electrons. The lowest BCUT2D eigenvalue weighted by Gasteiger charge is -2.09. The van der Waals surface area contributed by atoms with Crippen molar-refractivity contribution in [3.05, 3.63) is 29.8 Å². The highest BCUT2D eigenvalue weighted by Crippen LogP contribution is 2.18. The van der Waals surface area contributed by atoms with Gasteiger partial charge in [0.05, 0.1) is 6.61 Å². The molecule has 0 spiro atoms. The fourth-order valence-corrected chi connectivity index (χ4v) is 1.39. The Hall–Kier alpha value is -1.06. The van der Waals surface area contributed by atoms with Crippen molar-refractivity contribution in [3.63, 3.8) is 0 Å². The van der Waals surface area contributed by atoms with Gasteiger partial charge in [-0.1, -0.05) is 26.0 Å². The molecule has 0 aliphatic heterocycles. The fourth-order valence-electron chi connectivity index (χ4n) is 1.39. The molecule has 16 heavy (non-hydrogen) atoms. The summed E-state index contributed by atoms with van der Waals surface area (Å²) in [5, 5.41) is 11.6. The Balaban J connectivity index is 2.27. The molecule has 0 unspecified atom stereocenters. The van der Waals surface area contributed by atoms with Crippen LogP contribution < -0.4 is 10.1 Å². The highest BCUT2D eigenvalue weighted by Gasteiger charge is 1.99. The molecule has 0 radical (unpaired) electrons. The summed E-state index contributed by atoms with van der Waals surface area (Å²) in [6.45, 7) is 6.52. The molecule has 1 aromatic carbocycles. The Morgan fingerprint density at radius 3 is 2.44 bits per heavy atom. The Morgan fingerprint density at radius 1 is 1.19 bits per heavy atom. The first-order chi connectivity index (χ1) is 7.74. The smallest absolute Gasteiger partial charge is 0.119 e. The molecule has 0 saturated carbocycles. The van der Waals surface area contributed by atoms with E-state index in [-0.39, 0.29) is 6.61 Å². The summed E-state index contributed by atoms with van der Waals surface area (Å²) in [5.41, 5.74) is 1.32. The van der Waals surface area contributed by atoms with Gasteiger partial charge in [0.25, 0.3) is 0 Å². The molecule has 0 aliphatic rings. The lowest BCUT2D eigenvalue weighted by Crippen LogP contribution is -2.23. The molecule has 0 aliphatic carbocycles. The third-order valence-electron chi connectivity index (χ3n) is 2.38. The summed E-state index contributed by atoms with van der Waals surface area (Å²) < 4.78 is 5.54. The maximum absolute atomic E-state index is 8.56. The van der Waals surface area contributed by atoms with Crippen molar-refractivity contribution in [3.8, 4) is 5.75 Å². The van der Waals surface area contributed by atoms with Crippen molar-refractivity contribution in [1.82, 2.24) is 5.32 Å². The third-order valence-corrected chi connectivity index (χ3v) is 2.38. The number of rotatable bonds is 7. The van der Waals surface area contributed by atoms with E-state index in [0.29, 0.717) is 19.1 Å². The molecule has 0 atom stereocenters. The van der Waals surface area contributed by atoms with E-state index in [1.165, 1.54) is 5.56 Å². The molecule has 3 heteroatoms. The highest BCUT2D eigenvalue weighted by atomic mass is 16.5. The first-order valence-electron chi connectivity index (χ1n) is 5.78. The van der Waals surface area contributed by atoms with Gasteiger partial charge in [0.1, 0.15) is 12.4 Å². The van der Waals surface area contributed by atoms with Gasteiger partial charge < -0.3 is 15.2 Å². The van der Waals surface area contributed by atoms with Crippen LogP contribution in [0.25, 0.3) is 0 Å². The maximum atomic E-state index is 8.56. The van der Waals surface area contributed by atoms with Crippen LogP contribution in [0.15, 0.2) is 24.3 Å². The number of hydrogen-bond acceptors (Lipinski definition) is 3. The van der Waals surface area contributed by atoms with Crippen molar-refractivity contribution in [1.29, 1.82) is 0 Å². The fraction of sp³-hybridized carbons (Fsp3) is 0.538. The number of aliphatic hydroxyl groups is 1. The Morgan fingerprint density at radius 2 is 1.88 bits per heavy atom. The lowest BCUT2D eigenvalue weighted by molar-refractivity contribution is 0.276. The molecule has 2 N–H and O–H groups in total. The van der Waals surface area contributed by atoms with Gasteiger partial charge in [-0.3, -0.25) is 0 Å². The molecular weight excluding hydrogens is 202 g/mol. The van der Waals surface area contributed by atoms with Gasteiger partial charge >= 0.3 is 0 Å². The van der Waals surface area contributed by atoms with Crippen LogP contribution >= 0.6 is 0 Å². The van der Waals surface area contributed by atoms with Crippen molar-refractivity contribution in [2.45, 2.75) is 19.8 Å². The number of ether oxygens (including phenoxy) is 1. The number of nitrogens with one attached hydrogen (secondary N) is 1. The largest absolute Gasteiger partial charge is 0.492 e. The predicted octanol–water partition coefficient (Wildman–Crippen LogP) is 1.77. The van der Waals surface area contributed by atoms with Crippen LogP contribution in [0.5, 0.6) is 5.75 Å². The van der Waals surface area contributed by atoms with Crippen LogP contribution in [0, 0.1) is 0 Å². The van der Waals surface area contributed by atoms with E-state index < -0.39 is 0 Å². The van der Waals surface area contributed by atoms with Gasteiger partial charge in [0.2, 0.25) is 0 Å². The van der Waals surface area contributed by atoms with E-state index in [1.54, 1.807) is 0 Å². The first-order valence-corrected chi connectivity index (χ1v) is 5.78. The van der Waals surface area contributed by atoms with Crippen molar-refractivity contribution in [2.75, 3.05) is 26.3 Å². The van der Waals surface area contributed by atoms with Gasteiger partial charge in [-0.15, -0.1) is 0 Å². The second-order valence-electron chi connectivity index (χ2n) is 4.05. The zero-order chi connectivity index (χ0) is 11.8. The minimum Gasteiger partial charge on any atom is -0.492 e. The minimum atomic E-state index is 0.170. The van der Waals surface area contributed by atoms with Gasteiger partial charge in [0.15, 0.2) is 0 Å². The van der Waals surface area contributed by atoms with Gasteiger partial charge in [-0.25, -0.2) is 0 Å². The van der Waals surface area contributed by atoms with Crippen LogP contribution in [-0.4, -0.2) is 31.4 Å². The normalized spacial score (nSPS) is 10.8. The second-order valence-corrected chi connectivity index (χ2v) is 4.05. The lowest BCUT2D eigenvalue weighted by atomic mass is 10.0. The zero-order valence-electron chi connectivity index (χ0n) is 10.1. The van der Waals surface area contributed by atoms with E-state index >= 15 is 0 Å². The van der Waals surface area contributed by atoms with Crippen LogP contribution in [0.3, 0.4) is 0 Å². The van der Waals surface area contributed by atoms with E-state index in [1.807, 2.05) is 12.1 Å². The number of hydrogen-bond donors (Lipinski definition) is 2. The second kappa shape index (κ2) is 7.25. The molecule has 0 aromatic heterocycles. The molecule has 1 rings (SSSR count). The molecule has 3 nitrogen and oxygen atoms in total. The van der Waals surface area contributed by atoms with Crippen molar-refractivity contribution >= 4 is 0 Å². The molecule has 0 saturated heterocycles. The van der Waals surface area contributed by atoms with Crippen LogP contribution in [-0.2, 0) is 0 Å². The summed E-state index contributed by atoms with van der Waals surface area (Å²) in [6, 6.07) is 8.20. The summed E-state index contributed by atoms with van der Waals surface area (Å²) in [4.78, 5) is 0. The molecule has 1 aromatic rings. The minimum absolute atomic E-state index is 0.170. The van der Waals surface area contributed by atoms with Gasteiger partial charge in [-0.2, -0.15) is 0 Å². The number of aliphatic hydroxyl groups excluding tert-OH is 1. The average Bonchev–Trinajstić information content (AvgIpc) is 2.29. The van der Waals surface area contributed by atoms with Gasteiger partial charge in [-0.05, 0) is 23.6 Å². The summed E-state index contributed by atoms with van der Waals surface area (Å²) in [5.74, 6) is 1.45. The van der Waals surface area contributed by atoms with E-state index in [2.05, 4.69) is 31.3 Å². The van der Waals surface area contributed by atoms with Crippen LogP contribution in [0.2, 0.25) is 0 Å². The molecule has 0 fully saturated rings. The first kappa shape index (κ1) is 13.0. The average molecular weight is 223 g/mol. The maximum Gasteiger partial charge on any atom is 0.119 e. The van der Waals surface area contributed by atoms with Crippen molar-refractivity contribution < 1.29 is 9.84 Å². The van der Waals surface area contributed by atoms with Crippen LogP contribution in [0.1, 0.15) is 25.3 Å².